The van der Waals surface area contributed by atoms with Crippen LogP contribution in [0.25, 0.3) is 0 Å². The van der Waals surface area contributed by atoms with E-state index in [1.165, 1.54) is 5.56 Å². The Hall–Kier alpha value is -1.27. The molecule has 0 saturated carbocycles. The number of thiophene rings is 1. The third kappa shape index (κ3) is 3.84. The fourth-order valence-corrected chi connectivity index (χ4v) is 3.28. The molecule has 0 aromatic carbocycles. The van der Waals surface area contributed by atoms with Crippen molar-refractivity contribution in [3.8, 4) is 0 Å². The van der Waals surface area contributed by atoms with Gasteiger partial charge in [0.25, 0.3) is 5.91 Å². The van der Waals surface area contributed by atoms with Crippen molar-refractivity contribution in [2.45, 2.75) is 19.6 Å². The first-order valence-corrected chi connectivity index (χ1v) is 8.08. The van der Waals surface area contributed by atoms with Crippen molar-refractivity contribution in [2.75, 3.05) is 12.3 Å². The second-order valence-electron chi connectivity index (χ2n) is 4.14. The van der Waals surface area contributed by atoms with Gasteiger partial charge in [-0.15, -0.1) is 0 Å². The number of carbonyl (C=O) groups is 1. The first-order chi connectivity index (χ1) is 9.18. The molecule has 0 unspecified atom stereocenters. The van der Waals surface area contributed by atoms with E-state index in [0.29, 0.717) is 23.6 Å². The number of rotatable bonds is 6. The van der Waals surface area contributed by atoms with Crippen molar-refractivity contribution in [3.63, 3.8) is 0 Å². The predicted octanol–water partition coefficient (Wildman–Crippen LogP) is 3.02. The molecule has 19 heavy (non-hydrogen) atoms. The first-order valence-electron chi connectivity index (χ1n) is 5.98. The summed E-state index contributed by atoms with van der Waals surface area (Å²) in [6.07, 6.45) is 0. The largest absolute Gasteiger partial charge is 0.361 e. The van der Waals surface area contributed by atoms with Crippen LogP contribution in [-0.4, -0.2) is 23.4 Å². The van der Waals surface area contributed by atoms with Crippen molar-refractivity contribution < 1.29 is 9.32 Å². The number of aromatic nitrogens is 1. The maximum atomic E-state index is 11.9. The zero-order chi connectivity index (χ0) is 13.7. The molecule has 0 atom stereocenters. The van der Waals surface area contributed by atoms with E-state index in [0.717, 1.165) is 11.5 Å². The lowest BCUT2D eigenvalue weighted by molar-refractivity contribution is 0.0954. The molecule has 2 aromatic heterocycles. The minimum absolute atomic E-state index is 0.104. The van der Waals surface area contributed by atoms with E-state index in [4.69, 9.17) is 4.52 Å². The standard InChI is InChI=1S/C13H16N2O2S2/c1-9-12(10(2)17-15-9)13(16)14-4-6-19-8-11-3-5-18-7-11/h3,5,7H,4,6,8H2,1-2H3,(H,14,16). The van der Waals surface area contributed by atoms with Crippen LogP contribution in [0.4, 0.5) is 0 Å². The molecular formula is C13H16N2O2S2. The van der Waals surface area contributed by atoms with Crippen LogP contribution in [0.1, 0.15) is 27.4 Å². The highest BCUT2D eigenvalue weighted by Gasteiger charge is 2.16. The summed E-state index contributed by atoms with van der Waals surface area (Å²) in [5, 5.41) is 10.9. The van der Waals surface area contributed by atoms with Gasteiger partial charge >= 0.3 is 0 Å². The van der Waals surface area contributed by atoms with E-state index in [-0.39, 0.29) is 5.91 Å². The van der Waals surface area contributed by atoms with E-state index < -0.39 is 0 Å². The summed E-state index contributed by atoms with van der Waals surface area (Å²) in [5.74, 6) is 2.35. The molecule has 0 fully saturated rings. The summed E-state index contributed by atoms with van der Waals surface area (Å²) in [6.45, 7) is 4.18. The average Bonchev–Trinajstić information content (AvgIpc) is 2.99. The molecule has 0 aliphatic carbocycles. The van der Waals surface area contributed by atoms with Crippen molar-refractivity contribution >= 4 is 29.0 Å². The van der Waals surface area contributed by atoms with Crippen LogP contribution in [0, 0.1) is 13.8 Å². The number of carbonyl (C=O) groups excluding carboxylic acids is 1. The van der Waals surface area contributed by atoms with E-state index in [9.17, 15) is 4.79 Å². The predicted molar refractivity (Wildman–Crippen MR) is 78.8 cm³/mol. The monoisotopic (exact) mass is 296 g/mol. The highest BCUT2D eigenvalue weighted by Crippen LogP contribution is 2.15. The number of nitrogens with zero attached hydrogens (tertiary/aromatic N) is 1. The van der Waals surface area contributed by atoms with Gasteiger partial charge in [-0.1, -0.05) is 5.16 Å². The maximum absolute atomic E-state index is 11.9. The van der Waals surface area contributed by atoms with Crippen LogP contribution in [-0.2, 0) is 5.75 Å². The number of hydrogen-bond acceptors (Lipinski definition) is 5. The quantitative estimate of drug-likeness (QED) is 0.833. The van der Waals surface area contributed by atoms with Gasteiger partial charge < -0.3 is 9.84 Å². The summed E-state index contributed by atoms with van der Waals surface area (Å²) in [5.41, 5.74) is 2.54. The lowest BCUT2D eigenvalue weighted by Gasteiger charge is -2.04. The van der Waals surface area contributed by atoms with Crippen LogP contribution in [0.2, 0.25) is 0 Å². The molecule has 102 valence electrons. The summed E-state index contributed by atoms with van der Waals surface area (Å²) < 4.78 is 4.98. The van der Waals surface area contributed by atoms with Gasteiger partial charge in [0.05, 0.1) is 5.69 Å². The third-order valence-corrected chi connectivity index (χ3v) is 4.40. The number of hydrogen-bond donors (Lipinski definition) is 1. The van der Waals surface area contributed by atoms with Gasteiger partial charge in [0.2, 0.25) is 0 Å². The Balaban J connectivity index is 1.70. The summed E-state index contributed by atoms with van der Waals surface area (Å²) in [4.78, 5) is 11.9. The second-order valence-corrected chi connectivity index (χ2v) is 6.02. The molecular weight excluding hydrogens is 280 g/mol. The zero-order valence-corrected chi connectivity index (χ0v) is 12.6. The van der Waals surface area contributed by atoms with Crippen LogP contribution < -0.4 is 5.32 Å². The van der Waals surface area contributed by atoms with Gasteiger partial charge in [-0.3, -0.25) is 4.79 Å². The lowest BCUT2D eigenvalue weighted by atomic mass is 10.2. The number of aryl methyl sites for hydroxylation is 2. The maximum Gasteiger partial charge on any atom is 0.256 e. The van der Waals surface area contributed by atoms with E-state index in [1.807, 2.05) is 11.8 Å². The fraction of sp³-hybridized carbons (Fsp3) is 0.385. The Labute approximate surface area is 120 Å². The third-order valence-electron chi connectivity index (χ3n) is 2.64. The van der Waals surface area contributed by atoms with Crippen molar-refractivity contribution in [3.05, 3.63) is 39.4 Å². The van der Waals surface area contributed by atoms with Crippen LogP contribution >= 0.6 is 23.1 Å². The molecule has 4 nitrogen and oxygen atoms in total. The molecule has 0 saturated heterocycles. The van der Waals surface area contributed by atoms with E-state index >= 15 is 0 Å². The highest BCUT2D eigenvalue weighted by atomic mass is 32.2. The first kappa shape index (κ1) is 14.1. The average molecular weight is 296 g/mol. The van der Waals surface area contributed by atoms with Gasteiger partial charge in [0, 0.05) is 18.1 Å². The molecule has 2 heterocycles. The van der Waals surface area contributed by atoms with Gasteiger partial charge in [-0.25, -0.2) is 0 Å². The molecule has 6 heteroatoms. The topological polar surface area (TPSA) is 55.1 Å². The lowest BCUT2D eigenvalue weighted by Crippen LogP contribution is -2.26. The van der Waals surface area contributed by atoms with E-state index in [1.54, 1.807) is 25.2 Å². The Kier molecular flexibility index (Phi) is 5.04. The number of amides is 1. The van der Waals surface area contributed by atoms with Gasteiger partial charge in [-0.05, 0) is 36.2 Å². The summed E-state index contributed by atoms with van der Waals surface area (Å²) >= 11 is 3.52. The Morgan fingerprint density at radius 2 is 2.37 bits per heavy atom. The van der Waals surface area contributed by atoms with Crippen LogP contribution in [0.5, 0.6) is 0 Å². The van der Waals surface area contributed by atoms with Crippen molar-refractivity contribution in [1.82, 2.24) is 10.5 Å². The second kappa shape index (κ2) is 6.77. The normalized spacial score (nSPS) is 10.6. The zero-order valence-electron chi connectivity index (χ0n) is 10.9. The Bertz CT molecular complexity index is 515. The van der Waals surface area contributed by atoms with Gasteiger partial charge in [0.15, 0.2) is 0 Å². The highest BCUT2D eigenvalue weighted by molar-refractivity contribution is 7.98. The van der Waals surface area contributed by atoms with Crippen LogP contribution in [0.15, 0.2) is 21.3 Å². The number of nitrogens with one attached hydrogen (secondary N) is 1. The molecule has 2 aromatic rings. The molecule has 1 amide bonds. The molecule has 0 bridgehead atoms. The minimum Gasteiger partial charge on any atom is -0.361 e. The number of thioether (sulfide) groups is 1. The van der Waals surface area contributed by atoms with Gasteiger partial charge in [0.1, 0.15) is 11.3 Å². The minimum atomic E-state index is -0.104. The van der Waals surface area contributed by atoms with Crippen molar-refractivity contribution in [2.24, 2.45) is 0 Å². The summed E-state index contributed by atoms with van der Waals surface area (Å²) in [7, 11) is 0. The Morgan fingerprint density at radius 3 is 3.00 bits per heavy atom. The molecule has 0 spiro atoms. The molecule has 2 rings (SSSR count). The Morgan fingerprint density at radius 1 is 1.53 bits per heavy atom. The summed E-state index contributed by atoms with van der Waals surface area (Å²) in [6, 6.07) is 2.13. The van der Waals surface area contributed by atoms with Crippen molar-refractivity contribution in [1.29, 1.82) is 0 Å². The van der Waals surface area contributed by atoms with E-state index in [2.05, 4.69) is 27.3 Å². The molecule has 0 aliphatic heterocycles. The van der Waals surface area contributed by atoms with Gasteiger partial charge in [-0.2, -0.15) is 23.1 Å². The smallest absolute Gasteiger partial charge is 0.256 e. The molecule has 0 aliphatic rings. The SMILES string of the molecule is Cc1noc(C)c1C(=O)NCCSCc1ccsc1. The fourth-order valence-electron chi connectivity index (χ4n) is 1.70. The molecule has 1 N–H and O–H groups in total. The van der Waals surface area contributed by atoms with Crippen LogP contribution in [0.3, 0.4) is 0 Å². The molecule has 0 radical (unpaired) electrons.